The highest BCUT2D eigenvalue weighted by Gasteiger charge is 2.54. The lowest BCUT2D eigenvalue weighted by Crippen LogP contribution is -2.33. The van der Waals surface area contributed by atoms with Crippen LogP contribution in [0.3, 0.4) is 0 Å². The van der Waals surface area contributed by atoms with Gasteiger partial charge in [0.2, 0.25) is 0 Å². The van der Waals surface area contributed by atoms with Crippen molar-refractivity contribution in [2.24, 2.45) is 5.41 Å². The first-order valence-corrected chi connectivity index (χ1v) is 4.51. The number of fused-ring (bicyclic) bond motifs is 1. The molecule has 13 heavy (non-hydrogen) atoms. The SMILES string of the molecule is CC(C)(C)C1=CC(=O)[C@@H]2O[C@@H]2[C@H]1O. The number of epoxide rings is 1. The molecule has 1 fully saturated rings. The van der Waals surface area contributed by atoms with Gasteiger partial charge in [-0.15, -0.1) is 0 Å². The molecule has 0 aromatic rings. The molecule has 3 atom stereocenters. The van der Waals surface area contributed by atoms with Gasteiger partial charge in [-0.25, -0.2) is 0 Å². The molecule has 2 aliphatic rings. The summed E-state index contributed by atoms with van der Waals surface area (Å²) in [5, 5.41) is 9.79. The maximum atomic E-state index is 11.3. The Morgan fingerprint density at radius 3 is 2.62 bits per heavy atom. The fraction of sp³-hybridized carbons (Fsp3) is 0.700. The van der Waals surface area contributed by atoms with E-state index in [0.717, 1.165) is 5.57 Å². The second kappa shape index (κ2) is 2.42. The lowest BCUT2D eigenvalue weighted by atomic mass is 9.78. The molecule has 0 spiro atoms. The lowest BCUT2D eigenvalue weighted by Gasteiger charge is -2.28. The molecular weight excluding hydrogens is 168 g/mol. The normalized spacial score (nSPS) is 38.3. The zero-order valence-corrected chi connectivity index (χ0v) is 8.07. The summed E-state index contributed by atoms with van der Waals surface area (Å²) in [6.45, 7) is 5.95. The van der Waals surface area contributed by atoms with Crippen molar-refractivity contribution in [1.29, 1.82) is 0 Å². The van der Waals surface area contributed by atoms with Crippen LogP contribution in [0, 0.1) is 5.41 Å². The van der Waals surface area contributed by atoms with E-state index in [4.69, 9.17) is 4.74 Å². The Morgan fingerprint density at radius 2 is 2.08 bits per heavy atom. The van der Waals surface area contributed by atoms with E-state index in [1.54, 1.807) is 6.08 Å². The summed E-state index contributed by atoms with van der Waals surface area (Å²) in [6.07, 6.45) is 0.314. The summed E-state index contributed by atoms with van der Waals surface area (Å²) in [4.78, 5) is 11.3. The largest absolute Gasteiger partial charge is 0.386 e. The highest BCUT2D eigenvalue weighted by atomic mass is 16.6. The average molecular weight is 182 g/mol. The third-order valence-corrected chi connectivity index (χ3v) is 2.60. The third-order valence-electron chi connectivity index (χ3n) is 2.60. The molecule has 1 saturated heterocycles. The smallest absolute Gasteiger partial charge is 0.187 e. The number of ketones is 1. The van der Waals surface area contributed by atoms with Gasteiger partial charge >= 0.3 is 0 Å². The van der Waals surface area contributed by atoms with Gasteiger partial charge in [0.15, 0.2) is 5.78 Å². The summed E-state index contributed by atoms with van der Waals surface area (Å²) >= 11 is 0. The van der Waals surface area contributed by atoms with Gasteiger partial charge in [-0.05, 0) is 17.1 Å². The average Bonchev–Trinajstić information content (AvgIpc) is 2.73. The van der Waals surface area contributed by atoms with Gasteiger partial charge in [0, 0.05) is 0 Å². The number of aliphatic hydroxyl groups is 1. The molecule has 1 aliphatic heterocycles. The molecule has 1 heterocycles. The van der Waals surface area contributed by atoms with Crippen LogP contribution in [0.4, 0.5) is 0 Å². The summed E-state index contributed by atoms with van der Waals surface area (Å²) < 4.78 is 5.08. The van der Waals surface area contributed by atoms with Gasteiger partial charge in [-0.2, -0.15) is 0 Å². The summed E-state index contributed by atoms with van der Waals surface area (Å²) in [5.41, 5.74) is 0.627. The minimum absolute atomic E-state index is 0.000208. The first kappa shape index (κ1) is 8.91. The van der Waals surface area contributed by atoms with Crippen LogP contribution >= 0.6 is 0 Å². The molecule has 0 saturated carbocycles. The van der Waals surface area contributed by atoms with E-state index in [-0.39, 0.29) is 23.4 Å². The van der Waals surface area contributed by atoms with Crippen LogP contribution in [0.15, 0.2) is 11.6 Å². The van der Waals surface area contributed by atoms with Crippen molar-refractivity contribution in [3.8, 4) is 0 Å². The fourth-order valence-electron chi connectivity index (χ4n) is 1.75. The highest BCUT2D eigenvalue weighted by molar-refractivity contribution is 5.98. The first-order chi connectivity index (χ1) is 5.91. The van der Waals surface area contributed by atoms with E-state index in [9.17, 15) is 9.90 Å². The fourth-order valence-corrected chi connectivity index (χ4v) is 1.75. The molecule has 2 rings (SSSR count). The van der Waals surface area contributed by atoms with Crippen LogP contribution in [0.5, 0.6) is 0 Å². The quantitative estimate of drug-likeness (QED) is 0.560. The van der Waals surface area contributed by atoms with E-state index in [0.29, 0.717) is 0 Å². The van der Waals surface area contributed by atoms with Gasteiger partial charge in [-0.3, -0.25) is 4.79 Å². The predicted octanol–water partition coefficient (Wildman–Crippen LogP) is 0.670. The van der Waals surface area contributed by atoms with Gasteiger partial charge < -0.3 is 9.84 Å². The topological polar surface area (TPSA) is 49.8 Å². The van der Waals surface area contributed by atoms with Crippen LogP contribution in [0.2, 0.25) is 0 Å². The van der Waals surface area contributed by atoms with Gasteiger partial charge in [0.25, 0.3) is 0 Å². The van der Waals surface area contributed by atoms with Gasteiger partial charge in [0.1, 0.15) is 18.3 Å². The minimum Gasteiger partial charge on any atom is -0.386 e. The second-order valence-corrected chi connectivity index (χ2v) is 4.72. The number of aliphatic hydroxyl groups excluding tert-OH is 1. The Balaban J connectivity index is 2.32. The molecular formula is C10H14O3. The molecule has 0 aromatic heterocycles. The van der Waals surface area contributed by atoms with Gasteiger partial charge in [-0.1, -0.05) is 20.8 Å². The van der Waals surface area contributed by atoms with E-state index in [2.05, 4.69) is 0 Å². The van der Waals surface area contributed by atoms with Crippen molar-refractivity contribution in [3.05, 3.63) is 11.6 Å². The maximum absolute atomic E-state index is 11.3. The first-order valence-electron chi connectivity index (χ1n) is 4.51. The van der Waals surface area contributed by atoms with Crippen LogP contribution in [-0.2, 0) is 9.53 Å². The highest BCUT2D eigenvalue weighted by Crippen LogP contribution is 2.40. The Labute approximate surface area is 77.4 Å². The molecule has 72 valence electrons. The van der Waals surface area contributed by atoms with E-state index >= 15 is 0 Å². The van der Waals surface area contributed by atoms with Crippen molar-refractivity contribution in [2.45, 2.75) is 39.1 Å². The molecule has 0 aromatic carbocycles. The lowest BCUT2D eigenvalue weighted by molar-refractivity contribution is -0.116. The van der Waals surface area contributed by atoms with Crippen molar-refractivity contribution in [1.82, 2.24) is 0 Å². The molecule has 0 unspecified atom stereocenters. The van der Waals surface area contributed by atoms with E-state index in [1.165, 1.54) is 0 Å². The van der Waals surface area contributed by atoms with Crippen LogP contribution in [-0.4, -0.2) is 29.2 Å². The van der Waals surface area contributed by atoms with Crippen molar-refractivity contribution >= 4 is 5.78 Å². The van der Waals surface area contributed by atoms with Crippen LogP contribution < -0.4 is 0 Å². The molecule has 0 amide bonds. The molecule has 0 radical (unpaired) electrons. The zero-order valence-electron chi connectivity index (χ0n) is 8.07. The number of carbonyl (C=O) groups excluding carboxylic acids is 1. The summed E-state index contributed by atoms with van der Waals surface area (Å²) in [6, 6.07) is 0. The zero-order chi connectivity index (χ0) is 9.80. The Hall–Kier alpha value is -0.670. The monoisotopic (exact) mass is 182 g/mol. The molecule has 3 nitrogen and oxygen atoms in total. The van der Waals surface area contributed by atoms with Crippen molar-refractivity contribution in [2.75, 3.05) is 0 Å². The third kappa shape index (κ3) is 1.32. The number of ether oxygens (including phenoxy) is 1. The Morgan fingerprint density at radius 1 is 1.46 bits per heavy atom. The second-order valence-electron chi connectivity index (χ2n) is 4.72. The predicted molar refractivity (Wildman–Crippen MR) is 47.2 cm³/mol. The molecule has 1 N–H and O–H groups in total. The standard InChI is InChI=1S/C10H14O3/c1-10(2,3)5-4-6(11)8-9(13-8)7(5)12/h4,7-9,12H,1-3H3/t7-,8-,9+/m0/s1. The van der Waals surface area contributed by atoms with Gasteiger partial charge in [0.05, 0.1) is 0 Å². The Kier molecular flexibility index (Phi) is 1.66. The number of rotatable bonds is 0. The summed E-state index contributed by atoms with van der Waals surface area (Å²) in [7, 11) is 0. The van der Waals surface area contributed by atoms with Crippen LogP contribution in [0.1, 0.15) is 20.8 Å². The number of carbonyl (C=O) groups is 1. The van der Waals surface area contributed by atoms with Crippen molar-refractivity contribution < 1.29 is 14.6 Å². The van der Waals surface area contributed by atoms with Crippen molar-refractivity contribution in [3.63, 3.8) is 0 Å². The molecule has 3 heteroatoms. The van der Waals surface area contributed by atoms with E-state index in [1.807, 2.05) is 20.8 Å². The number of hydrogen-bond donors (Lipinski definition) is 1. The maximum Gasteiger partial charge on any atom is 0.187 e. The number of hydrogen-bond acceptors (Lipinski definition) is 3. The summed E-state index contributed by atoms with van der Waals surface area (Å²) in [5.74, 6) is 0.000208. The van der Waals surface area contributed by atoms with Crippen LogP contribution in [0.25, 0.3) is 0 Å². The Bertz CT molecular complexity index is 285. The minimum atomic E-state index is -0.595. The molecule has 1 aliphatic carbocycles. The molecule has 0 bridgehead atoms. The van der Waals surface area contributed by atoms with E-state index < -0.39 is 6.10 Å².